The number of carbonyl (C=O) groups excluding carboxylic acids is 2. The third-order valence-corrected chi connectivity index (χ3v) is 4.94. The maximum atomic E-state index is 12.4. The van der Waals surface area contributed by atoms with E-state index in [-0.39, 0.29) is 23.8 Å². The maximum absolute atomic E-state index is 12.4. The van der Waals surface area contributed by atoms with Crippen molar-refractivity contribution >= 4 is 33.4 Å². The molecule has 0 aliphatic heterocycles. The minimum absolute atomic E-state index is 0.0753. The molecule has 0 atom stereocenters. The number of nitrogens with one attached hydrogen (secondary N) is 1. The highest BCUT2D eigenvalue weighted by Gasteiger charge is 2.20. The molecule has 0 fully saturated rings. The minimum Gasteiger partial charge on any atom is -0.483 e. The van der Waals surface area contributed by atoms with Gasteiger partial charge in [0.25, 0.3) is 5.91 Å². The second-order valence-electron chi connectivity index (χ2n) is 8.22. The lowest BCUT2D eigenvalue weighted by atomic mass is 9.86. The second kappa shape index (κ2) is 9.92. The molecule has 0 aliphatic carbocycles. The molecule has 5 nitrogen and oxygen atoms in total. The fraction of sp³-hybridized carbons (Fsp3) is 0.391. The number of benzene rings is 2. The van der Waals surface area contributed by atoms with Crippen LogP contribution >= 0.6 is 15.9 Å². The van der Waals surface area contributed by atoms with Crippen LogP contribution in [0.5, 0.6) is 5.75 Å². The average molecular weight is 461 g/mol. The summed E-state index contributed by atoms with van der Waals surface area (Å²) in [6, 6.07) is 13.3. The summed E-state index contributed by atoms with van der Waals surface area (Å²) in [5.74, 6) is 0.554. The molecule has 2 aromatic carbocycles. The molecule has 1 N–H and O–H groups in total. The molecular formula is C23H29BrN2O3. The lowest BCUT2D eigenvalue weighted by Gasteiger charge is -2.23. The van der Waals surface area contributed by atoms with Gasteiger partial charge in [-0.3, -0.25) is 9.59 Å². The largest absolute Gasteiger partial charge is 0.483 e. The molecule has 0 aliphatic rings. The van der Waals surface area contributed by atoms with E-state index in [1.807, 2.05) is 42.5 Å². The Morgan fingerprint density at radius 2 is 1.83 bits per heavy atom. The first-order valence-corrected chi connectivity index (χ1v) is 10.4. The van der Waals surface area contributed by atoms with Crippen molar-refractivity contribution in [2.75, 3.05) is 26.0 Å². The number of rotatable bonds is 7. The fourth-order valence-electron chi connectivity index (χ4n) is 2.83. The van der Waals surface area contributed by atoms with Gasteiger partial charge in [-0.25, -0.2) is 0 Å². The van der Waals surface area contributed by atoms with E-state index in [1.54, 1.807) is 19.0 Å². The Bertz CT molecular complexity index is 873. The van der Waals surface area contributed by atoms with Crippen molar-refractivity contribution in [1.29, 1.82) is 0 Å². The first-order chi connectivity index (χ1) is 13.6. The number of nitrogens with zero attached hydrogens (tertiary/aromatic N) is 1. The number of anilines is 1. The first kappa shape index (κ1) is 22.9. The molecule has 0 aromatic heterocycles. The molecule has 2 aromatic rings. The summed E-state index contributed by atoms with van der Waals surface area (Å²) in [5, 5.41) is 2.86. The Hall–Kier alpha value is -2.34. The summed E-state index contributed by atoms with van der Waals surface area (Å²) in [6.45, 7) is 6.24. The zero-order valence-electron chi connectivity index (χ0n) is 17.7. The first-order valence-electron chi connectivity index (χ1n) is 9.58. The summed E-state index contributed by atoms with van der Waals surface area (Å²) in [4.78, 5) is 25.7. The van der Waals surface area contributed by atoms with E-state index < -0.39 is 0 Å². The van der Waals surface area contributed by atoms with Crippen LogP contribution in [0.3, 0.4) is 0 Å². The quantitative estimate of drug-likeness (QED) is 0.646. The molecule has 0 unspecified atom stereocenters. The van der Waals surface area contributed by atoms with Gasteiger partial charge in [-0.2, -0.15) is 0 Å². The topological polar surface area (TPSA) is 58.6 Å². The third kappa shape index (κ3) is 7.20. The van der Waals surface area contributed by atoms with Gasteiger partial charge in [0.1, 0.15) is 5.75 Å². The molecular weight excluding hydrogens is 432 g/mol. The molecule has 0 heterocycles. The van der Waals surface area contributed by atoms with Crippen LogP contribution < -0.4 is 10.1 Å². The van der Waals surface area contributed by atoms with Gasteiger partial charge in [-0.05, 0) is 47.7 Å². The number of amides is 2. The van der Waals surface area contributed by atoms with Crippen molar-refractivity contribution in [2.24, 2.45) is 0 Å². The van der Waals surface area contributed by atoms with E-state index in [4.69, 9.17) is 4.74 Å². The zero-order valence-corrected chi connectivity index (χ0v) is 19.3. The molecule has 0 saturated carbocycles. The third-order valence-electron chi connectivity index (χ3n) is 4.45. The summed E-state index contributed by atoms with van der Waals surface area (Å²) in [6.07, 6.45) is 1.07. The smallest absolute Gasteiger partial charge is 0.262 e. The van der Waals surface area contributed by atoms with Crippen LogP contribution in [0.25, 0.3) is 0 Å². The molecule has 6 heteroatoms. The second-order valence-corrected chi connectivity index (χ2v) is 9.13. The highest BCUT2D eigenvalue weighted by Crippen LogP contribution is 2.33. The molecule has 0 bridgehead atoms. The van der Waals surface area contributed by atoms with Gasteiger partial charge in [-0.15, -0.1) is 0 Å². The maximum Gasteiger partial charge on any atom is 0.262 e. The van der Waals surface area contributed by atoms with Gasteiger partial charge in [-0.1, -0.05) is 48.8 Å². The van der Waals surface area contributed by atoms with Crippen LogP contribution in [0.2, 0.25) is 0 Å². The van der Waals surface area contributed by atoms with Crippen LogP contribution in [0.1, 0.15) is 38.3 Å². The van der Waals surface area contributed by atoms with Gasteiger partial charge in [0.2, 0.25) is 5.91 Å². The normalized spacial score (nSPS) is 11.1. The predicted octanol–water partition coefficient (Wildman–Crippen LogP) is 4.78. The number of aryl methyl sites for hydroxylation is 1. The summed E-state index contributed by atoms with van der Waals surface area (Å²) >= 11 is 3.49. The molecule has 156 valence electrons. The molecule has 2 amide bonds. The highest BCUT2D eigenvalue weighted by molar-refractivity contribution is 9.10. The van der Waals surface area contributed by atoms with Crippen LogP contribution in [-0.4, -0.2) is 37.4 Å². The number of hydrogen-bond acceptors (Lipinski definition) is 3. The van der Waals surface area contributed by atoms with Crippen molar-refractivity contribution in [1.82, 2.24) is 4.90 Å². The lowest BCUT2D eigenvalue weighted by molar-refractivity contribution is -0.128. The van der Waals surface area contributed by atoms with Crippen molar-refractivity contribution in [3.05, 3.63) is 58.1 Å². The Kier molecular flexibility index (Phi) is 7.85. The number of carbonyl (C=O) groups is 2. The molecule has 0 saturated heterocycles. The Morgan fingerprint density at radius 1 is 1.10 bits per heavy atom. The Balaban J connectivity index is 1.97. The van der Waals surface area contributed by atoms with Gasteiger partial charge >= 0.3 is 0 Å². The van der Waals surface area contributed by atoms with Gasteiger partial charge < -0.3 is 15.0 Å². The lowest BCUT2D eigenvalue weighted by Crippen LogP contribution is -2.22. The van der Waals surface area contributed by atoms with Crippen LogP contribution in [0.15, 0.2) is 46.9 Å². The van der Waals surface area contributed by atoms with Gasteiger partial charge in [0.05, 0.1) is 0 Å². The van der Waals surface area contributed by atoms with E-state index >= 15 is 0 Å². The number of ether oxygens (including phenoxy) is 1. The van der Waals surface area contributed by atoms with E-state index in [0.29, 0.717) is 24.3 Å². The number of hydrogen-bond donors (Lipinski definition) is 1. The van der Waals surface area contributed by atoms with E-state index in [2.05, 4.69) is 42.0 Å². The molecule has 2 rings (SSSR count). The Morgan fingerprint density at radius 3 is 2.48 bits per heavy atom. The molecule has 0 radical (unpaired) electrons. The standard InChI is InChI=1S/C23H29BrN2O3/c1-23(2,3)19-14-17(24)10-11-20(19)29-15-21(27)25-18-8-6-7-16(13-18)9-12-22(28)26(4)5/h6-8,10-11,13-14H,9,12,15H2,1-5H3,(H,25,27). The van der Waals surface area contributed by atoms with E-state index in [0.717, 1.165) is 15.6 Å². The summed E-state index contributed by atoms with van der Waals surface area (Å²) in [5.41, 5.74) is 2.63. The number of halogens is 1. The van der Waals surface area contributed by atoms with Crippen molar-refractivity contribution in [3.63, 3.8) is 0 Å². The highest BCUT2D eigenvalue weighted by atomic mass is 79.9. The van der Waals surface area contributed by atoms with Crippen LogP contribution in [0.4, 0.5) is 5.69 Å². The van der Waals surface area contributed by atoms with E-state index in [1.165, 1.54) is 0 Å². The molecule has 0 spiro atoms. The monoisotopic (exact) mass is 460 g/mol. The Labute approximate surface area is 181 Å². The zero-order chi connectivity index (χ0) is 21.6. The minimum atomic E-state index is -0.228. The summed E-state index contributed by atoms with van der Waals surface area (Å²) in [7, 11) is 3.49. The van der Waals surface area contributed by atoms with Crippen LogP contribution in [0, 0.1) is 0 Å². The van der Waals surface area contributed by atoms with E-state index in [9.17, 15) is 9.59 Å². The predicted molar refractivity (Wildman–Crippen MR) is 120 cm³/mol. The van der Waals surface area contributed by atoms with Gasteiger partial charge in [0.15, 0.2) is 6.61 Å². The van der Waals surface area contributed by atoms with Crippen molar-refractivity contribution < 1.29 is 14.3 Å². The molecule has 29 heavy (non-hydrogen) atoms. The average Bonchev–Trinajstić information content (AvgIpc) is 2.64. The van der Waals surface area contributed by atoms with Crippen molar-refractivity contribution in [2.45, 2.75) is 39.0 Å². The van der Waals surface area contributed by atoms with Crippen LogP contribution in [-0.2, 0) is 21.4 Å². The van der Waals surface area contributed by atoms with Crippen molar-refractivity contribution in [3.8, 4) is 5.75 Å². The summed E-state index contributed by atoms with van der Waals surface area (Å²) < 4.78 is 6.78. The van der Waals surface area contributed by atoms with Gasteiger partial charge in [0, 0.05) is 36.2 Å². The SMILES string of the molecule is CN(C)C(=O)CCc1cccc(NC(=O)COc2ccc(Br)cc2C(C)(C)C)c1. The fourth-order valence-corrected chi connectivity index (χ4v) is 3.20.